The molecule has 1 fully saturated rings. The topological polar surface area (TPSA) is 106 Å². The van der Waals surface area contributed by atoms with E-state index >= 15 is 0 Å². The van der Waals surface area contributed by atoms with Crippen molar-refractivity contribution in [1.82, 2.24) is 25.3 Å². The summed E-state index contributed by atoms with van der Waals surface area (Å²) < 4.78 is 53.4. The summed E-state index contributed by atoms with van der Waals surface area (Å²) in [6.45, 7) is 2.61. The van der Waals surface area contributed by atoms with Crippen molar-refractivity contribution in [2.45, 2.75) is 37.8 Å². The number of aliphatic imine (C=N–C) groups is 1. The van der Waals surface area contributed by atoms with E-state index in [9.17, 15) is 18.0 Å². The van der Waals surface area contributed by atoms with Crippen molar-refractivity contribution in [3.05, 3.63) is 75.2 Å². The number of rotatable bonds is 6. The van der Waals surface area contributed by atoms with Gasteiger partial charge in [-0.2, -0.15) is 4.98 Å². The second kappa shape index (κ2) is 9.38. The Balaban J connectivity index is 1.63. The third kappa shape index (κ3) is 4.76. The number of aryl methyl sites for hydroxylation is 1. The van der Waals surface area contributed by atoms with Gasteiger partial charge in [0, 0.05) is 30.2 Å². The van der Waals surface area contributed by atoms with E-state index in [1.165, 1.54) is 47.6 Å². The molecule has 0 saturated carbocycles. The van der Waals surface area contributed by atoms with Crippen molar-refractivity contribution in [1.29, 1.82) is 0 Å². The lowest BCUT2D eigenvalue weighted by molar-refractivity contribution is -0.137. The number of carbonyl (C=O) groups excluding carboxylic acids is 1. The molecule has 13 heteroatoms. The molecule has 2 aliphatic rings. The van der Waals surface area contributed by atoms with E-state index in [0.29, 0.717) is 27.9 Å². The normalized spacial score (nSPS) is 23.6. The first-order chi connectivity index (χ1) is 17.6. The number of ether oxygens (including phenoxy) is 1. The van der Waals surface area contributed by atoms with Gasteiger partial charge in [-0.15, -0.1) is 11.3 Å². The van der Waals surface area contributed by atoms with Crippen molar-refractivity contribution in [2.75, 3.05) is 20.2 Å². The first kappa shape index (κ1) is 25.1. The molecule has 0 spiro atoms. The second-order valence-corrected chi connectivity index (χ2v) is 9.90. The van der Waals surface area contributed by atoms with Crippen LogP contribution in [0.25, 0.3) is 0 Å². The minimum atomic E-state index is -3.01. The maximum absolute atomic E-state index is 14.6. The Morgan fingerprint density at radius 3 is 2.70 bits per heavy atom. The molecule has 0 aliphatic carbocycles. The van der Waals surface area contributed by atoms with Crippen molar-refractivity contribution in [2.24, 2.45) is 4.99 Å². The van der Waals surface area contributed by atoms with Gasteiger partial charge in [0.1, 0.15) is 11.4 Å². The van der Waals surface area contributed by atoms with Crippen LogP contribution in [0, 0.1) is 12.7 Å². The van der Waals surface area contributed by atoms with Crippen molar-refractivity contribution in [3.8, 4) is 0 Å². The Kier molecular flexibility index (Phi) is 6.36. The lowest BCUT2D eigenvalue weighted by Crippen LogP contribution is -2.45. The highest BCUT2D eigenvalue weighted by Crippen LogP contribution is 2.43. The number of aromatic nitrogens is 3. The summed E-state index contributed by atoms with van der Waals surface area (Å²) in [5.41, 5.74) is -0.408. The van der Waals surface area contributed by atoms with Gasteiger partial charge in [0.05, 0.1) is 25.3 Å². The molecule has 2 atom stereocenters. The summed E-state index contributed by atoms with van der Waals surface area (Å²) in [7, 11) is 1.23. The number of alkyl halides is 2. The molecule has 1 aromatic carbocycles. The molecule has 194 valence electrons. The molecular formula is C24H23F3N6O3S. The Morgan fingerprint density at radius 1 is 1.32 bits per heavy atom. The highest BCUT2D eigenvalue weighted by atomic mass is 32.1. The Labute approximate surface area is 214 Å². The highest BCUT2D eigenvalue weighted by molar-refractivity contribution is 7.11. The minimum Gasteiger partial charge on any atom is -0.466 e. The van der Waals surface area contributed by atoms with Gasteiger partial charge in [-0.25, -0.2) is 27.9 Å². The lowest BCUT2D eigenvalue weighted by Gasteiger charge is -2.36. The molecule has 0 unspecified atom stereocenters. The van der Waals surface area contributed by atoms with Gasteiger partial charge in [-0.05, 0) is 31.5 Å². The average Bonchev–Trinajstić information content (AvgIpc) is 3.59. The molecule has 2 aromatic heterocycles. The van der Waals surface area contributed by atoms with E-state index < -0.39 is 42.3 Å². The van der Waals surface area contributed by atoms with Gasteiger partial charge >= 0.3 is 5.97 Å². The maximum Gasteiger partial charge on any atom is 0.338 e. The molecule has 1 N–H and O–H groups in total. The molecular weight excluding hydrogens is 509 g/mol. The van der Waals surface area contributed by atoms with Crippen molar-refractivity contribution in [3.63, 3.8) is 0 Å². The van der Waals surface area contributed by atoms with Crippen LogP contribution in [0.3, 0.4) is 0 Å². The number of hydrogen-bond donors (Lipinski definition) is 1. The van der Waals surface area contributed by atoms with E-state index in [2.05, 4.69) is 20.4 Å². The number of benzene rings is 1. The van der Waals surface area contributed by atoms with E-state index in [1.807, 2.05) is 0 Å². The third-order valence-electron chi connectivity index (χ3n) is 6.38. The molecule has 3 aromatic rings. The number of halogens is 3. The summed E-state index contributed by atoms with van der Waals surface area (Å²) in [4.78, 5) is 28.0. The third-order valence-corrected chi connectivity index (χ3v) is 7.16. The van der Waals surface area contributed by atoms with Crippen LogP contribution >= 0.6 is 11.3 Å². The number of methoxy groups -OCH3 is 1. The Morgan fingerprint density at radius 2 is 2.08 bits per heavy atom. The number of likely N-dealkylation sites (tertiary alicyclic amines) is 1. The van der Waals surface area contributed by atoms with Gasteiger partial charge in [0.25, 0.3) is 5.92 Å². The second-order valence-electron chi connectivity index (χ2n) is 9.01. The number of hydrogen-bond acceptors (Lipinski definition) is 10. The number of thiazole rings is 1. The minimum absolute atomic E-state index is 0.0702. The molecule has 9 nitrogen and oxygen atoms in total. The fourth-order valence-electron chi connectivity index (χ4n) is 4.72. The molecule has 4 heterocycles. The summed E-state index contributed by atoms with van der Waals surface area (Å²) in [5, 5.41) is 9.18. The maximum atomic E-state index is 14.6. The fourth-order valence-corrected chi connectivity index (χ4v) is 5.30. The number of esters is 1. The van der Waals surface area contributed by atoms with Gasteiger partial charge in [-0.3, -0.25) is 4.90 Å². The SMILES string of the molecule is COC(=O)C1=C(CN2CC(F)(F)C[C@H]2c2nc(C)no2)NC(c2nccs2)=N[C@@]1(C)c1ccc(F)cc1. The summed E-state index contributed by atoms with van der Waals surface area (Å²) in [6.07, 6.45) is 1.09. The molecule has 1 saturated heterocycles. The standard InChI is InChI=1S/C24H23F3N6O3S/c1-13-29-20(36-32-13)17-10-24(26,27)12-33(17)11-16-18(22(34)35-3)23(2,14-4-6-15(25)7-5-14)31-19(30-16)21-28-8-9-37-21/h4-9,17H,10-12H2,1-3H3,(H,30,31)/t17-,23-/m0/s1. The number of nitrogens with zero attached hydrogens (tertiary/aromatic N) is 5. The smallest absolute Gasteiger partial charge is 0.338 e. The Hall–Kier alpha value is -3.58. The molecule has 0 amide bonds. The predicted molar refractivity (Wildman–Crippen MR) is 127 cm³/mol. The number of carbonyl (C=O) groups is 1. The van der Waals surface area contributed by atoms with Crippen LogP contribution in [0.4, 0.5) is 13.2 Å². The van der Waals surface area contributed by atoms with Gasteiger partial charge in [0.2, 0.25) is 5.89 Å². The molecule has 37 heavy (non-hydrogen) atoms. The predicted octanol–water partition coefficient (Wildman–Crippen LogP) is 3.75. The number of amidine groups is 1. The Bertz CT molecular complexity index is 1370. The first-order valence-corrected chi connectivity index (χ1v) is 12.2. The zero-order valence-corrected chi connectivity index (χ0v) is 21.0. The van der Waals surface area contributed by atoms with Crippen LogP contribution in [-0.2, 0) is 15.1 Å². The van der Waals surface area contributed by atoms with Gasteiger partial charge < -0.3 is 14.6 Å². The van der Waals surface area contributed by atoms with Gasteiger partial charge in [0.15, 0.2) is 16.7 Å². The van der Waals surface area contributed by atoms with Crippen LogP contribution in [0.5, 0.6) is 0 Å². The van der Waals surface area contributed by atoms with Crippen LogP contribution in [0.2, 0.25) is 0 Å². The highest BCUT2D eigenvalue weighted by Gasteiger charge is 2.49. The molecule has 0 bridgehead atoms. The largest absolute Gasteiger partial charge is 0.466 e. The number of nitrogens with one attached hydrogen (secondary N) is 1. The molecule has 0 radical (unpaired) electrons. The average molecular weight is 533 g/mol. The summed E-state index contributed by atoms with van der Waals surface area (Å²) >= 11 is 1.32. The van der Waals surface area contributed by atoms with Crippen LogP contribution in [-0.4, -0.2) is 58.0 Å². The lowest BCUT2D eigenvalue weighted by atomic mass is 9.82. The van der Waals surface area contributed by atoms with Crippen LogP contribution in [0.1, 0.15) is 41.7 Å². The zero-order valence-electron chi connectivity index (χ0n) is 20.2. The quantitative estimate of drug-likeness (QED) is 0.479. The molecule has 5 rings (SSSR count). The fraction of sp³-hybridized carbons (Fsp3) is 0.375. The van der Waals surface area contributed by atoms with Gasteiger partial charge in [-0.1, -0.05) is 17.3 Å². The van der Waals surface area contributed by atoms with Crippen LogP contribution < -0.4 is 5.32 Å². The zero-order chi connectivity index (χ0) is 26.4. The van der Waals surface area contributed by atoms with E-state index in [0.717, 1.165) is 0 Å². The van der Waals surface area contributed by atoms with E-state index in [4.69, 9.17) is 14.3 Å². The van der Waals surface area contributed by atoms with E-state index in [-0.39, 0.29) is 18.0 Å². The monoisotopic (exact) mass is 532 g/mol. The van der Waals surface area contributed by atoms with Crippen molar-refractivity contribution < 1.29 is 27.2 Å². The summed E-state index contributed by atoms with van der Waals surface area (Å²) in [6, 6.07) is 4.72. The first-order valence-electron chi connectivity index (χ1n) is 11.4. The van der Waals surface area contributed by atoms with Crippen molar-refractivity contribution >= 4 is 23.1 Å². The molecule has 2 aliphatic heterocycles. The van der Waals surface area contributed by atoms with Crippen LogP contribution in [0.15, 0.2) is 56.6 Å². The summed E-state index contributed by atoms with van der Waals surface area (Å²) in [5.74, 6) is -3.42. The van der Waals surface area contributed by atoms with E-state index in [1.54, 1.807) is 25.4 Å².